The number of hydrogen-bond acceptors (Lipinski definition) is 5. The maximum Gasteiger partial charge on any atom is 0.253 e. The Hall–Kier alpha value is -3.15. The Balaban J connectivity index is 1.46. The van der Waals surface area contributed by atoms with Crippen LogP contribution in [0.15, 0.2) is 59.0 Å². The molecule has 26 heavy (non-hydrogen) atoms. The predicted molar refractivity (Wildman–Crippen MR) is 96.0 cm³/mol. The second-order valence-corrected chi connectivity index (χ2v) is 6.28. The Kier molecular flexibility index (Phi) is 4.39. The van der Waals surface area contributed by atoms with Crippen LogP contribution in [-0.4, -0.2) is 41.2 Å². The Bertz CT molecular complexity index is 890. The minimum atomic E-state index is 0.0444. The first kappa shape index (κ1) is 16.3. The van der Waals surface area contributed by atoms with Crippen LogP contribution >= 0.6 is 0 Å². The number of hydrogen-bond donors (Lipinski definition) is 0. The van der Waals surface area contributed by atoms with Gasteiger partial charge in [0.1, 0.15) is 5.75 Å². The Morgan fingerprint density at radius 1 is 1.12 bits per heavy atom. The van der Waals surface area contributed by atoms with Crippen molar-refractivity contribution in [3.05, 3.63) is 66.1 Å². The quantitative estimate of drug-likeness (QED) is 0.722. The SMILES string of the molecule is COc1ccc(-c2nnc([C@H]3CCN(C(=O)c4ccccc4)C3)o2)cc1. The van der Waals surface area contributed by atoms with Gasteiger partial charge >= 0.3 is 0 Å². The number of likely N-dealkylation sites (tertiary alicyclic amines) is 1. The Labute approximate surface area is 151 Å². The highest BCUT2D eigenvalue weighted by atomic mass is 16.5. The molecular formula is C20H19N3O3. The van der Waals surface area contributed by atoms with Gasteiger partial charge in [-0.3, -0.25) is 4.79 Å². The summed E-state index contributed by atoms with van der Waals surface area (Å²) in [5.74, 6) is 1.96. The number of rotatable bonds is 4. The van der Waals surface area contributed by atoms with Gasteiger partial charge in [-0.2, -0.15) is 0 Å². The first-order chi connectivity index (χ1) is 12.7. The molecule has 4 rings (SSSR count). The Morgan fingerprint density at radius 3 is 2.62 bits per heavy atom. The molecule has 0 spiro atoms. The molecule has 1 aliphatic rings. The third-order valence-electron chi connectivity index (χ3n) is 4.62. The number of aromatic nitrogens is 2. The van der Waals surface area contributed by atoms with Crippen LogP contribution in [0.4, 0.5) is 0 Å². The molecule has 0 bridgehead atoms. The molecule has 0 radical (unpaired) electrons. The van der Waals surface area contributed by atoms with Crippen molar-refractivity contribution in [1.29, 1.82) is 0 Å². The van der Waals surface area contributed by atoms with Crippen LogP contribution in [0, 0.1) is 0 Å². The minimum Gasteiger partial charge on any atom is -0.497 e. The summed E-state index contributed by atoms with van der Waals surface area (Å²) in [5.41, 5.74) is 1.55. The van der Waals surface area contributed by atoms with Crippen molar-refractivity contribution in [3.63, 3.8) is 0 Å². The summed E-state index contributed by atoms with van der Waals surface area (Å²) in [6.45, 7) is 1.29. The Morgan fingerprint density at radius 2 is 1.88 bits per heavy atom. The average Bonchev–Trinajstić information content (AvgIpc) is 3.38. The van der Waals surface area contributed by atoms with Gasteiger partial charge in [0.05, 0.1) is 13.0 Å². The molecular weight excluding hydrogens is 330 g/mol. The molecule has 1 amide bonds. The van der Waals surface area contributed by atoms with E-state index < -0.39 is 0 Å². The molecule has 1 fully saturated rings. The van der Waals surface area contributed by atoms with Gasteiger partial charge in [-0.1, -0.05) is 18.2 Å². The van der Waals surface area contributed by atoms with Gasteiger partial charge in [0, 0.05) is 24.2 Å². The number of methoxy groups -OCH3 is 1. The lowest BCUT2D eigenvalue weighted by molar-refractivity contribution is 0.0790. The van der Waals surface area contributed by atoms with Gasteiger partial charge in [-0.05, 0) is 42.8 Å². The highest BCUT2D eigenvalue weighted by molar-refractivity contribution is 5.94. The number of carbonyl (C=O) groups is 1. The number of benzene rings is 2. The van der Waals surface area contributed by atoms with Crippen molar-refractivity contribution in [1.82, 2.24) is 15.1 Å². The molecule has 1 saturated heterocycles. The monoisotopic (exact) mass is 349 g/mol. The van der Waals surface area contributed by atoms with E-state index in [-0.39, 0.29) is 11.8 Å². The van der Waals surface area contributed by atoms with Gasteiger partial charge in [0.15, 0.2) is 0 Å². The highest BCUT2D eigenvalue weighted by Gasteiger charge is 2.31. The second kappa shape index (κ2) is 7.00. The zero-order valence-electron chi connectivity index (χ0n) is 14.5. The van der Waals surface area contributed by atoms with E-state index in [0.29, 0.717) is 30.4 Å². The summed E-state index contributed by atoms with van der Waals surface area (Å²) in [6.07, 6.45) is 0.822. The van der Waals surface area contributed by atoms with Gasteiger partial charge in [0.25, 0.3) is 5.91 Å². The van der Waals surface area contributed by atoms with Crippen molar-refractivity contribution in [3.8, 4) is 17.2 Å². The zero-order chi connectivity index (χ0) is 17.9. The van der Waals surface area contributed by atoms with Crippen LogP contribution in [-0.2, 0) is 0 Å². The van der Waals surface area contributed by atoms with Crippen LogP contribution < -0.4 is 4.74 Å². The van der Waals surface area contributed by atoms with Gasteiger partial charge in [0.2, 0.25) is 11.8 Å². The standard InChI is InChI=1S/C20H19N3O3/c1-25-17-9-7-14(8-10-17)18-21-22-19(26-18)16-11-12-23(13-16)20(24)15-5-3-2-4-6-15/h2-10,16H,11-13H2,1H3/t16-/m0/s1. The van der Waals surface area contributed by atoms with Crippen molar-refractivity contribution >= 4 is 5.91 Å². The van der Waals surface area contributed by atoms with E-state index in [9.17, 15) is 4.79 Å². The summed E-state index contributed by atoms with van der Waals surface area (Å²) in [7, 11) is 1.63. The molecule has 6 heteroatoms. The molecule has 6 nitrogen and oxygen atoms in total. The molecule has 0 unspecified atom stereocenters. The van der Waals surface area contributed by atoms with E-state index in [1.165, 1.54) is 0 Å². The predicted octanol–water partition coefficient (Wildman–Crippen LogP) is 3.37. The lowest BCUT2D eigenvalue weighted by atomic mass is 10.1. The zero-order valence-corrected chi connectivity index (χ0v) is 14.5. The van der Waals surface area contributed by atoms with Crippen molar-refractivity contribution in [2.24, 2.45) is 0 Å². The molecule has 1 aliphatic heterocycles. The molecule has 1 atom stereocenters. The van der Waals surface area contributed by atoms with Crippen molar-refractivity contribution in [2.75, 3.05) is 20.2 Å². The normalized spacial score (nSPS) is 16.7. The van der Waals surface area contributed by atoms with Crippen molar-refractivity contribution in [2.45, 2.75) is 12.3 Å². The van der Waals surface area contributed by atoms with Crippen LogP contribution in [0.2, 0.25) is 0 Å². The van der Waals surface area contributed by atoms with Crippen LogP contribution in [0.5, 0.6) is 5.75 Å². The number of ether oxygens (including phenoxy) is 1. The lowest BCUT2D eigenvalue weighted by Gasteiger charge is -2.15. The molecule has 0 aliphatic carbocycles. The van der Waals surface area contributed by atoms with E-state index in [1.807, 2.05) is 59.5 Å². The maximum absolute atomic E-state index is 12.6. The largest absolute Gasteiger partial charge is 0.497 e. The highest BCUT2D eigenvalue weighted by Crippen LogP contribution is 2.30. The first-order valence-electron chi connectivity index (χ1n) is 8.57. The third kappa shape index (κ3) is 3.18. The van der Waals surface area contributed by atoms with Crippen molar-refractivity contribution < 1.29 is 13.9 Å². The summed E-state index contributed by atoms with van der Waals surface area (Å²) in [6, 6.07) is 16.8. The average molecular weight is 349 g/mol. The first-order valence-corrected chi connectivity index (χ1v) is 8.57. The molecule has 0 N–H and O–H groups in total. The molecule has 1 aromatic heterocycles. The van der Waals surface area contributed by atoms with Gasteiger partial charge < -0.3 is 14.1 Å². The van der Waals surface area contributed by atoms with E-state index in [1.54, 1.807) is 7.11 Å². The molecule has 2 aromatic carbocycles. The van der Waals surface area contributed by atoms with Gasteiger partial charge in [-0.25, -0.2) is 0 Å². The fraction of sp³-hybridized carbons (Fsp3) is 0.250. The summed E-state index contributed by atoms with van der Waals surface area (Å²) in [4.78, 5) is 14.4. The minimum absolute atomic E-state index is 0.0444. The maximum atomic E-state index is 12.6. The smallest absolute Gasteiger partial charge is 0.253 e. The van der Waals surface area contributed by atoms with Crippen LogP contribution in [0.1, 0.15) is 28.6 Å². The van der Waals surface area contributed by atoms with Crippen LogP contribution in [0.3, 0.4) is 0 Å². The number of amides is 1. The van der Waals surface area contributed by atoms with E-state index in [0.717, 1.165) is 17.7 Å². The number of carbonyl (C=O) groups excluding carboxylic acids is 1. The van der Waals surface area contributed by atoms with E-state index in [2.05, 4.69) is 10.2 Å². The third-order valence-corrected chi connectivity index (χ3v) is 4.62. The summed E-state index contributed by atoms with van der Waals surface area (Å²) in [5, 5.41) is 8.35. The molecule has 0 saturated carbocycles. The molecule has 3 aromatic rings. The summed E-state index contributed by atoms with van der Waals surface area (Å²) < 4.78 is 11.0. The van der Waals surface area contributed by atoms with Crippen LogP contribution in [0.25, 0.3) is 11.5 Å². The summed E-state index contributed by atoms with van der Waals surface area (Å²) >= 11 is 0. The molecule has 2 heterocycles. The number of nitrogens with zero attached hydrogens (tertiary/aromatic N) is 3. The fourth-order valence-corrected chi connectivity index (χ4v) is 3.16. The van der Waals surface area contributed by atoms with E-state index in [4.69, 9.17) is 9.15 Å². The topological polar surface area (TPSA) is 68.5 Å². The fourth-order valence-electron chi connectivity index (χ4n) is 3.16. The van der Waals surface area contributed by atoms with E-state index >= 15 is 0 Å². The van der Waals surface area contributed by atoms with Gasteiger partial charge in [-0.15, -0.1) is 10.2 Å². The second-order valence-electron chi connectivity index (χ2n) is 6.28. The lowest BCUT2D eigenvalue weighted by Crippen LogP contribution is -2.28. The molecule has 132 valence electrons.